The molecule has 0 fully saturated rings. The van der Waals surface area contributed by atoms with E-state index >= 15 is 0 Å². The molecule has 1 amide bonds. The topological polar surface area (TPSA) is 80.9 Å². The standard InChI is InChI=1S/C9H13ClN4O/c1-2-3-6(11)9(15)12-8-5-4-7(10)13-14-8/h4-6H,2-3,11H2,1H3,(H,12,14,15)/t6-/m0/s1. The van der Waals surface area contributed by atoms with Gasteiger partial charge in [0.25, 0.3) is 0 Å². The molecular weight excluding hydrogens is 216 g/mol. The van der Waals surface area contributed by atoms with Gasteiger partial charge in [-0.15, -0.1) is 10.2 Å². The van der Waals surface area contributed by atoms with Gasteiger partial charge in [-0.2, -0.15) is 0 Å². The van der Waals surface area contributed by atoms with Gasteiger partial charge >= 0.3 is 0 Å². The van der Waals surface area contributed by atoms with Gasteiger partial charge in [0, 0.05) is 0 Å². The molecule has 0 spiro atoms. The molecule has 82 valence electrons. The Morgan fingerprint density at radius 2 is 2.33 bits per heavy atom. The highest BCUT2D eigenvalue weighted by Gasteiger charge is 2.12. The summed E-state index contributed by atoms with van der Waals surface area (Å²) in [7, 11) is 0. The Morgan fingerprint density at radius 1 is 1.60 bits per heavy atom. The molecule has 0 aliphatic heterocycles. The van der Waals surface area contributed by atoms with E-state index in [1.54, 1.807) is 12.1 Å². The predicted octanol–water partition coefficient (Wildman–Crippen LogP) is 1.20. The first-order chi connectivity index (χ1) is 7.13. The number of halogens is 1. The van der Waals surface area contributed by atoms with Crippen LogP contribution in [0, 0.1) is 0 Å². The Balaban J connectivity index is 2.54. The minimum absolute atomic E-state index is 0.256. The van der Waals surface area contributed by atoms with Crippen molar-refractivity contribution in [2.45, 2.75) is 25.8 Å². The van der Waals surface area contributed by atoms with E-state index < -0.39 is 6.04 Å². The van der Waals surface area contributed by atoms with Crippen LogP contribution in [0.5, 0.6) is 0 Å². The van der Waals surface area contributed by atoms with Crippen molar-refractivity contribution in [2.75, 3.05) is 5.32 Å². The lowest BCUT2D eigenvalue weighted by Crippen LogP contribution is -2.35. The van der Waals surface area contributed by atoms with Gasteiger partial charge in [0.15, 0.2) is 11.0 Å². The Bertz CT molecular complexity index is 327. The number of carbonyl (C=O) groups is 1. The van der Waals surface area contributed by atoms with E-state index in [1.165, 1.54) is 0 Å². The lowest BCUT2D eigenvalue weighted by atomic mass is 10.2. The zero-order valence-corrected chi connectivity index (χ0v) is 9.16. The Hall–Kier alpha value is -1.20. The van der Waals surface area contributed by atoms with Crippen molar-refractivity contribution in [1.29, 1.82) is 0 Å². The maximum atomic E-state index is 11.5. The quantitative estimate of drug-likeness (QED) is 0.811. The van der Waals surface area contributed by atoms with Crippen molar-refractivity contribution in [1.82, 2.24) is 10.2 Å². The summed E-state index contributed by atoms with van der Waals surface area (Å²) in [6.45, 7) is 1.97. The van der Waals surface area contributed by atoms with Crippen molar-refractivity contribution >= 4 is 23.3 Å². The highest BCUT2D eigenvalue weighted by atomic mass is 35.5. The third-order valence-corrected chi connectivity index (χ3v) is 2.02. The summed E-state index contributed by atoms with van der Waals surface area (Å²) in [5.74, 6) is 0.101. The monoisotopic (exact) mass is 228 g/mol. The summed E-state index contributed by atoms with van der Waals surface area (Å²) in [5, 5.41) is 10.1. The maximum absolute atomic E-state index is 11.5. The molecular formula is C9H13ClN4O. The zero-order valence-electron chi connectivity index (χ0n) is 8.40. The van der Waals surface area contributed by atoms with E-state index in [2.05, 4.69) is 15.5 Å². The number of nitrogens with one attached hydrogen (secondary N) is 1. The minimum Gasteiger partial charge on any atom is -0.320 e. The average molecular weight is 229 g/mol. The largest absolute Gasteiger partial charge is 0.320 e. The maximum Gasteiger partial charge on any atom is 0.242 e. The molecule has 15 heavy (non-hydrogen) atoms. The fraction of sp³-hybridized carbons (Fsp3) is 0.444. The van der Waals surface area contributed by atoms with Crippen LogP contribution in [0.2, 0.25) is 5.15 Å². The fourth-order valence-electron chi connectivity index (χ4n) is 1.04. The normalized spacial score (nSPS) is 12.2. The van der Waals surface area contributed by atoms with Crippen molar-refractivity contribution in [3.8, 4) is 0 Å². The van der Waals surface area contributed by atoms with E-state index in [9.17, 15) is 4.79 Å². The summed E-state index contributed by atoms with van der Waals surface area (Å²) < 4.78 is 0. The summed E-state index contributed by atoms with van der Waals surface area (Å²) >= 11 is 5.55. The number of hydrogen-bond acceptors (Lipinski definition) is 4. The van der Waals surface area contributed by atoms with Crippen LogP contribution in [-0.2, 0) is 4.79 Å². The van der Waals surface area contributed by atoms with Crippen LogP contribution in [-0.4, -0.2) is 22.1 Å². The second-order valence-electron chi connectivity index (χ2n) is 3.13. The first kappa shape index (κ1) is 11.9. The molecule has 0 saturated carbocycles. The molecule has 0 bridgehead atoms. The Labute approximate surface area is 93.0 Å². The van der Waals surface area contributed by atoms with Crippen LogP contribution in [0.1, 0.15) is 19.8 Å². The van der Waals surface area contributed by atoms with Crippen LogP contribution in [0.3, 0.4) is 0 Å². The van der Waals surface area contributed by atoms with Crippen molar-refractivity contribution in [3.63, 3.8) is 0 Å². The molecule has 0 unspecified atom stereocenters. The first-order valence-electron chi connectivity index (χ1n) is 4.69. The molecule has 1 heterocycles. The second kappa shape index (κ2) is 5.63. The number of rotatable bonds is 4. The average Bonchev–Trinajstić information content (AvgIpc) is 2.22. The number of nitrogens with zero attached hydrogens (tertiary/aromatic N) is 2. The predicted molar refractivity (Wildman–Crippen MR) is 58.6 cm³/mol. The highest BCUT2D eigenvalue weighted by molar-refractivity contribution is 6.29. The van der Waals surface area contributed by atoms with Crippen molar-refractivity contribution < 1.29 is 4.79 Å². The van der Waals surface area contributed by atoms with Gasteiger partial charge in [-0.3, -0.25) is 4.79 Å². The molecule has 1 atom stereocenters. The van der Waals surface area contributed by atoms with E-state index in [0.29, 0.717) is 12.2 Å². The molecule has 3 N–H and O–H groups in total. The molecule has 1 rings (SSSR count). The third-order valence-electron chi connectivity index (χ3n) is 1.82. The first-order valence-corrected chi connectivity index (χ1v) is 5.07. The third kappa shape index (κ3) is 3.81. The number of carbonyl (C=O) groups excluding carboxylic acids is 1. The molecule has 0 aromatic carbocycles. The molecule has 1 aromatic rings. The van der Waals surface area contributed by atoms with Gasteiger partial charge in [-0.1, -0.05) is 24.9 Å². The molecule has 6 heteroatoms. The molecule has 0 radical (unpaired) electrons. The smallest absolute Gasteiger partial charge is 0.242 e. The van der Waals surface area contributed by atoms with Crippen LogP contribution >= 0.6 is 11.6 Å². The van der Waals surface area contributed by atoms with Gasteiger partial charge in [0.2, 0.25) is 5.91 Å². The van der Waals surface area contributed by atoms with Crippen LogP contribution in [0.15, 0.2) is 12.1 Å². The van der Waals surface area contributed by atoms with E-state index in [4.69, 9.17) is 17.3 Å². The fourth-order valence-corrected chi connectivity index (χ4v) is 1.14. The van der Waals surface area contributed by atoms with Crippen LogP contribution in [0.4, 0.5) is 5.82 Å². The highest BCUT2D eigenvalue weighted by Crippen LogP contribution is 2.06. The van der Waals surface area contributed by atoms with E-state index in [-0.39, 0.29) is 11.1 Å². The molecule has 1 aromatic heterocycles. The van der Waals surface area contributed by atoms with Gasteiger partial charge in [0.05, 0.1) is 6.04 Å². The van der Waals surface area contributed by atoms with Crippen molar-refractivity contribution in [3.05, 3.63) is 17.3 Å². The Kier molecular flexibility index (Phi) is 4.45. The van der Waals surface area contributed by atoms with Gasteiger partial charge < -0.3 is 11.1 Å². The number of nitrogens with two attached hydrogens (primary N) is 1. The molecule has 0 aliphatic rings. The van der Waals surface area contributed by atoms with Gasteiger partial charge in [0.1, 0.15) is 0 Å². The molecule has 5 nitrogen and oxygen atoms in total. The molecule has 0 aliphatic carbocycles. The van der Waals surface area contributed by atoms with Gasteiger partial charge in [-0.05, 0) is 18.6 Å². The lowest BCUT2D eigenvalue weighted by Gasteiger charge is -2.09. The van der Waals surface area contributed by atoms with Crippen molar-refractivity contribution in [2.24, 2.45) is 5.73 Å². The lowest BCUT2D eigenvalue weighted by molar-refractivity contribution is -0.117. The minimum atomic E-state index is -0.507. The van der Waals surface area contributed by atoms with E-state index in [1.807, 2.05) is 6.92 Å². The second-order valence-corrected chi connectivity index (χ2v) is 3.51. The SMILES string of the molecule is CCC[C@H](N)C(=O)Nc1ccc(Cl)nn1. The number of aromatic nitrogens is 2. The molecule has 0 saturated heterocycles. The summed E-state index contributed by atoms with van der Waals surface area (Å²) in [6.07, 6.45) is 1.51. The number of anilines is 1. The van der Waals surface area contributed by atoms with Gasteiger partial charge in [-0.25, -0.2) is 0 Å². The number of hydrogen-bond donors (Lipinski definition) is 2. The van der Waals surface area contributed by atoms with E-state index in [0.717, 1.165) is 6.42 Å². The number of amides is 1. The Morgan fingerprint density at radius 3 is 2.87 bits per heavy atom. The zero-order chi connectivity index (χ0) is 11.3. The summed E-state index contributed by atoms with van der Waals surface area (Å²) in [4.78, 5) is 11.5. The van der Waals surface area contributed by atoms with Crippen LogP contribution < -0.4 is 11.1 Å². The summed E-state index contributed by atoms with van der Waals surface area (Å²) in [6, 6.07) is 2.62. The van der Waals surface area contributed by atoms with Crippen LogP contribution in [0.25, 0.3) is 0 Å². The summed E-state index contributed by atoms with van der Waals surface area (Å²) in [5.41, 5.74) is 5.62.